The number of aromatic hydroxyl groups is 1. The van der Waals surface area contributed by atoms with Crippen LogP contribution in [0.3, 0.4) is 0 Å². The second kappa shape index (κ2) is 8.15. The minimum atomic E-state index is -2.72. The number of nitrogens with two attached hydrogens (primary N) is 1. The summed E-state index contributed by atoms with van der Waals surface area (Å²) in [6.45, 7) is 1.87. The quantitative estimate of drug-likeness (QED) is 0.394. The maximum Gasteiger partial charge on any atom is 0.235 e. The fourth-order valence-electron chi connectivity index (χ4n) is 5.91. The van der Waals surface area contributed by atoms with Gasteiger partial charge in [0, 0.05) is 17.9 Å². The first kappa shape index (κ1) is 23.8. The van der Waals surface area contributed by atoms with E-state index in [0.29, 0.717) is 17.5 Å². The molecule has 6 atom stereocenters. The summed E-state index contributed by atoms with van der Waals surface area (Å²) < 4.78 is 0. The number of phenolic OH excluding ortho intramolecular Hbond substituents is 1. The smallest absolute Gasteiger partial charge is 0.235 e. The molecule has 0 heterocycles. The first-order chi connectivity index (χ1) is 16.0. The van der Waals surface area contributed by atoms with Crippen LogP contribution in [-0.2, 0) is 25.6 Å². The summed E-state index contributed by atoms with van der Waals surface area (Å²) in [5, 5.41) is 22.0. The molecule has 1 aromatic carbocycles. The van der Waals surface area contributed by atoms with E-state index in [2.05, 4.69) is 11.8 Å². The van der Waals surface area contributed by atoms with Crippen molar-refractivity contribution in [1.29, 1.82) is 0 Å². The highest BCUT2D eigenvalue weighted by molar-refractivity contribution is 6.32. The van der Waals surface area contributed by atoms with Gasteiger partial charge in [-0.3, -0.25) is 28.9 Å². The highest BCUT2D eigenvalue weighted by atomic mass is 16.3. The molecular weight excluding hydrogens is 440 g/mol. The summed E-state index contributed by atoms with van der Waals surface area (Å²) in [6.07, 6.45) is 0.799. The Morgan fingerprint density at radius 3 is 2.47 bits per heavy atom. The van der Waals surface area contributed by atoms with E-state index in [4.69, 9.17) is 5.73 Å². The Kier molecular flexibility index (Phi) is 5.70. The third kappa shape index (κ3) is 3.13. The number of carbonyl (C=O) groups excluding carboxylic acids is 5. The van der Waals surface area contributed by atoms with Gasteiger partial charge in [-0.05, 0) is 50.6 Å². The lowest BCUT2D eigenvalue weighted by atomic mass is 9.52. The van der Waals surface area contributed by atoms with E-state index in [1.165, 1.54) is 11.0 Å². The molecule has 3 aliphatic carbocycles. The Morgan fingerprint density at radius 1 is 1.21 bits per heavy atom. The molecule has 1 amide bonds. The Hall–Kier alpha value is -3.35. The normalized spacial score (nSPS) is 32.4. The molecule has 4 N–H and O–H groups in total. The van der Waals surface area contributed by atoms with E-state index in [1.807, 2.05) is 6.92 Å². The minimum Gasteiger partial charge on any atom is -0.507 e. The average molecular weight is 466 g/mol. The van der Waals surface area contributed by atoms with E-state index in [9.17, 15) is 34.2 Å². The van der Waals surface area contributed by atoms with Crippen molar-refractivity contribution < 1.29 is 34.2 Å². The fraction of sp³-hybridized carbons (Fsp3) is 0.480. The van der Waals surface area contributed by atoms with Crippen LogP contribution in [0.15, 0.2) is 12.1 Å². The predicted molar refractivity (Wildman–Crippen MR) is 119 cm³/mol. The van der Waals surface area contributed by atoms with Gasteiger partial charge >= 0.3 is 0 Å². The number of ketones is 4. The van der Waals surface area contributed by atoms with Crippen molar-refractivity contribution >= 4 is 29.0 Å². The molecule has 0 saturated heterocycles. The van der Waals surface area contributed by atoms with Crippen molar-refractivity contribution in [2.75, 3.05) is 14.1 Å². The number of benzene rings is 1. The topological polar surface area (TPSA) is 155 Å². The number of primary amides is 1. The molecule has 9 heteroatoms. The summed E-state index contributed by atoms with van der Waals surface area (Å²) in [4.78, 5) is 66.9. The number of rotatable bonds is 2. The molecule has 0 bridgehead atoms. The van der Waals surface area contributed by atoms with Crippen LogP contribution in [-0.4, -0.2) is 69.9 Å². The number of phenols is 1. The first-order valence-electron chi connectivity index (χ1n) is 11.1. The van der Waals surface area contributed by atoms with E-state index < -0.39 is 64.4 Å². The van der Waals surface area contributed by atoms with Crippen molar-refractivity contribution in [3.8, 4) is 17.6 Å². The highest BCUT2D eigenvalue weighted by Crippen LogP contribution is 2.50. The van der Waals surface area contributed by atoms with Crippen LogP contribution in [0.2, 0.25) is 0 Å². The zero-order valence-electron chi connectivity index (χ0n) is 19.1. The van der Waals surface area contributed by atoms with Crippen LogP contribution in [0.5, 0.6) is 5.75 Å². The predicted octanol–water partition coefficient (Wildman–Crippen LogP) is -0.371. The Bertz CT molecular complexity index is 1210. The molecule has 2 saturated carbocycles. The third-order valence-electron chi connectivity index (χ3n) is 7.34. The highest BCUT2D eigenvalue weighted by Gasteiger charge is 2.69. The molecule has 0 spiro atoms. The van der Waals surface area contributed by atoms with Crippen molar-refractivity contribution in [2.45, 2.75) is 37.8 Å². The molecule has 178 valence electrons. The molecule has 4 rings (SSSR count). The summed E-state index contributed by atoms with van der Waals surface area (Å²) >= 11 is 0. The minimum absolute atomic E-state index is 0.0141. The van der Waals surface area contributed by atoms with Crippen LogP contribution in [0.4, 0.5) is 0 Å². The maximum absolute atomic E-state index is 13.7. The lowest BCUT2D eigenvalue weighted by Gasteiger charge is -2.52. The Morgan fingerprint density at radius 2 is 1.88 bits per heavy atom. The van der Waals surface area contributed by atoms with E-state index in [-0.39, 0.29) is 24.2 Å². The van der Waals surface area contributed by atoms with Crippen LogP contribution >= 0.6 is 0 Å². The summed E-state index contributed by atoms with van der Waals surface area (Å²) in [7, 11) is 3.09. The van der Waals surface area contributed by atoms with Crippen molar-refractivity contribution in [3.63, 3.8) is 0 Å². The summed E-state index contributed by atoms with van der Waals surface area (Å²) in [5.74, 6) is -4.58. The molecule has 0 radical (unpaired) electrons. The van der Waals surface area contributed by atoms with Gasteiger partial charge < -0.3 is 15.9 Å². The second-order valence-corrected chi connectivity index (χ2v) is 9.43. The molecule has 9 nitrogen and oxygen atoms in total. The largest absolute Gasteiger partial charge is 0.507 e. The number of carbonyl (C=O) groups is 5. The van der Waals surface area contributed by atoms with E-state index in [1.54, 1.807) is 20.2 Å². The number of hydrogen-bond acceptors (Lipinski definition) is 8. The molecule has 0 aliphatic heterocycles. The van der Waals surface area contributed by atoms with Crippen molar-refractivity contribution in [2.24, 2.45) is 29.4 Å². The monoisotopic (exact) mass is 466 g/mol. The van der Waals surface area contributed by atoms with Crippen LogP contribution in [0.25, 0.3) is 0 Å². The van der Waals surface area contributed by atoms with Gasteiger partial charge in [0.1, 0.15) is 5.75 Å². The SMILES string of the molecule is CCC#Cc1ccc(O)c2c1C[C@H]1C[C@H]3[C@@H](N(C)C)C(=O)C(C(N)=O)C(=O)[C@@]3(O)C(=O)C1C2=O. The average Bonchev–Trinajstić information content (AvgIpc) is 2.75. The van der Waals surface area contributed by atoms with Crippen molar-refractivity contribution in [1.82, 2.24) is 4.90 Å². The van der Waals surface area contributed by atoms with Gasteiger partial charge in [0.2, 0.25) is 5.91 Å². The number of hydrogen-bond donors (Lipinski definition) is 3. The standard InChI is InChI=1S/C25H26N2O7/c1-4-5-6-11-7-8-15(28)17-13(11)9-12-10-14-19(27(2)3)21(30)18(24(26)33)23(32)25(14,34)22(31)16(12)20(17)29/h7-8,12,14,16,18-19,28,34H,4,9-10H2,1-3H3,(H2,26,33)/t12-,14-,16?,18?,19+,25-/m0/s1. The number of amides is 1. The van der Waals surface area contributed by atoms with Crippen LogP contribution in [0.1, 0.15) is 41.3 Å². The number of likely N-dealkylation sites (N-methyl/N-ethyl adjacent to an activating group) is 1. The molecule has 1 aromatic rings. The van der Waals surface area contributed by atoms with E-state index in [0.717, 1.165) is 0 Å². The molecule has 2 fully saturated rings. The van der Waals surface area contributed by atoms with Gasteiger partial charge in [-0.1, -0.05) is 18.8 Å². The van der Waals surface area contributed by atoms with Crippen molar-refractivity contribution in [3.05, 3.63) is 28.8 Å². The molecule has 0 aromatic heterocycles. The first-order valence-corrected chi connectivity index (χ1v) is 11.1. The van der Waals surface area contributed by atoms with Gasteiger partial charge in [0.15, 0.2) is 34.7 Å². The molecule has 3 aliphatic rings. The second-order valence-electron chi connectivity index (χ2n) is 9.43. The third-order valence-corrected chi connectivity index (χ3v) is 7.34. The summed E-state index contributed by atoms with van der Waals surface area (Å²) in [5.41, 5.74) is 3.61. The maximum atomic E-state index is 13.7. The fourth-order valence-corrected chi connectivity index (χ4v) is 5.91. The van der Waals surface area contributed by atoms with Gasteiger partial charge in [-0.2, -0.15) is 0 Å². The van der Waals surface area contributed by atoms with Gasteiger partial charge in [-0.25, -0.2) is 0 Å². The summed E-state index contributed by atoms with van der Waals surface area (Å²) in [6, 6.07) is 1.82. The molecule has 34 heavy (non-hydrogen) atoms. The molecule has 2 unspecified atom stereocenters. The lowest BCUT2D eigenvalue weighted by Crippen LogP contribution is -2.74. The van der Waals surface area contributed by atoms with Crippen LogP contribution < -0.4 is 5.73 Å². The van der Waals surface area contributed by atoms with Crippen LogP contribution in [0, 0.1) is 35.5 Å². The zero-order valence-corrected chi connectivity index (χ0v) is 19.1. The Labute approximate surface area is 196 Å². The number of Topliss-reactive ketones (excluding diaryl/α,β-unsaturated/α-hetero) is 4. The van der Waals surface area contributed by atoms with Gasteiger partial charge in [0.25, 0.3) is 0 Å². The number of nitrogens with zero attached hydrogens (tertiary/aromatic N) is 1. The molecular formula is C25H26N2O7. The van der Waals surface area contributed by atoms with Gasteiger partial charge in [0.05, 0.1) is 17.5 Å². The number of fused-ring (bicyclic) bond motifs is 3. The Balaban J connectivity index is 1.88. The van der Waals surface area contributed by atoms with E-state index >= 15 is 0 Å². The lowest BCUT2D eigenvalue weighted by molar-refractivity contribution is -0.181. The number of aliphatic hydroxyl groups is 1. The van der Waals surface area contributed by atoms with Gasteiger partial charge in [-0.15, -0.1) is 0 Å². The zero-order chi connectivity index (χ0) is 25.1.